The summed E-state index contributed by atoms with van der Waals surface area (Å²) in [6.07, 6.45) is 2.04. The molecule has 0 saturated heterocycles. The average Bonchev–Trinajstić information content (AvgIpc) is 3.11. The maximum atomic E-state index is 13.6. The van der Waals surface area contributed by atoms with E-state index in [1.54, 1.807) is 18.2 Å². The van der Waals surface area contributed by atoms with Crippen LogP contribution in [0.3, 0.4) is 0 Å². The second-order valence-corrected chi connectivity index (χ2v) is 5.75. The van der Waals surface area contributed by atoms with Crippen LogP contribution in [0.5, 0.6) is 11.5 Å². The van der Waals surface area contributed by atoms with Gasteiger partial charge in [0.1, 0.15) is 23.8 Å². The summed E-state index contributed by atoms with van der Waals surface area (Å²) in [7, 11) is 0. The van der Waals surface area contributed by atoms with Crippen molar-refractivity contribution in [1.29, 1.82) is 0 Å². The van der Waals surface area contributed by atoms with Crippen LogP contribution in [0.25, 0.3) is 0 Å². The van der Waals surface area contributed by atoms with Gasteiger partial charge >= 0.3 is 0 Å². The van der Waals surface area contributed by atoms with Crippen molar-refractivity contribution in [3.8, 4) is 11.5 Å². The number of anilines is 3. The van der Waals surface area contributed by atoms with Crippen LogP contribution in [0.1, 0.15) is 5.56 Å². The highest BCUT2D eigenvalue weighted by Gasteiger charge is 2.13. The summed E-state index contributed by atoms with van der Waals surface area (Å²) in [5.74, 6) is 2.55. The SMILES string of the molecule is Fc1ccccc1CCNc1cc(Nc2ccc3c(c2)OCO3)ncn1. The van der Waals surface area contributed by atoms with Gasteiger partial charge in [-0.2, -0.15) is 0 Å². The molecule has 1 aliphatic heterocycles. The van der Waals surface area contributed by atoms with Gasteiger partial charge in [0.15, 0.2) is 11.5 Å². The zero-order valence-corrected chi connectivity index (χ0v) is 13.9. The predicted octanol–water partition coefficient (Wildman–Crippen LogP) is 3.74. The summed E-state index contributed by atoms with van der Waals surface area (Å²) in [5.41, 5.74) is 1.51. The standard InChI is InChI=1S/C19H17FN4O2/c20-15-4-2-1-3-13(15)7-8-21-18-10-19(23-11-22-18)24-14-5-6-16-17(9-14)26-12-25-16/h1-6,9-11H,7-8,12H2,(H2,21,22,23,24). The van der Waals surface area contributed by atoms with E-state index in [4.69, 9.17) is 9.47 Å². The Hall–Kier alpha value is -3.35. The van der Waals surface area contributed by atoms with Crippen LogP contribution >= 0.6 is 0 Å². The van der Waals surface area contributed by atoms with Crippen LogP contribution in [0.15, 0.2) is 54.9 Å². The van der Waals surface area contributed by atoms with Gasteiger partial charge in [-0.3, -0.25) is 0 Å². The Balaban J connectivity index is 1.38. The van der Waals surface area contributed by atoms with E-state index in [0.717, 1.165) is 11.4 Å². The van der Waals surface area contributed by atoms with E-state index >= 15 is 0 Å². The summed E-state index contributed by atoms with van der Waals surface area (Å²) in [4.78, 5) is 8.41. The second-order valence-electron chi connectivity index (χ2n) is 5.75. The third-order valence-corrected chi connectivity index (χ3v) is 3.97. The minimum Gasteiger partial charge on any atom is -0.454 e. The van der Waals surface area contributed by atoms with Crippen LogP contribution in [0.2, 0.25) is 0 Å². The first-order valence-electron chi connectivity index (χ1n) is 8.24. The molecule has 1 aliphatic rings. The summed E-state index contributed by atoms with van der Waals surface area (Å²) in [6.45, 7) is 0.809. The Labute approximate surface area is 150 Å². The maximum Gasteiger partial charge on any atom is 0.231 e. The molecule has 1 aromatic heterocycles. The molecule has 0 amide bonds. The van der Waals surface area contributed by atoms with Gasteiger partial charge in [0, 0.05) is 24.4 Å². The molecule has 0 fully saturated rings. The second kappa shape index (κ2) is 7.26. The fraction of sp³-hybridized carbons (Fsp3) is 0.158. The number of fused-ring (bicyclic) bond motifs is 1. The number of benzene rings is 2. The third-order valence-electron chi connectivity index (χ3n) is 3.97. The van der Waals surface area contributed by atoms with Crippen molar-refractivity contribution >= 4 is 17.3 Å². The largest absolute Gasteiger partial charge is 0.454 e. The third kappa shape index (κ3) is 3.66. The molecule has 0 radical (unpaired) electrons. The van der Waals surface area contributed by atoms with E-state index < -0.39 is 0 Å². The molecule has 0 bridgehead atoms. The molecule has 2 aromatic carbocycles. The van der Waals surface area contributed by atoms with Crippen molar-refractivity contribution in [2.75, 3.05) is 24.0 Å². The number of hydrogen-bond donors (Lipinski definition) is 2. The van der Waals surface area contributed by atoms with Crippen molar-refractivity contribution < 1.29 is 13.9 Å². The Morgan fingerprint density at radius 1 is 0.962 bits per heavy atom. The highest BCUT2D eigenvalue weighted by atomic mass is 19.1. The van der Waals surface area contributed by atoms with E-state index in [1.165, 1.54) is 12.4 Å². The van der Waals surface area contributed by atoms with Crippen molar-refractivity contribution in [1.82, 2.24) is 9.97 Å². The lowest BCUT2D eigenvalue weighted by atomic mass is 10.1. The fourth-order valence-corrected chi connectivity index (χ4v) is 2.67. The van der Waals surface area contributed by atoms with Gasteiger partial charge in [0.25, 0.3) is 0 Å². The zero-order chi connectivity index (χ0) is 17.8. The Bertz CT molecular complexity index is 920. The molecule has 0 unspecified atom stereocenters. The maximum absolute atomic E-state index is 13.6. The first-order valence-corrected chi connectivity index (χ1v) is 8.24. The minimum absolute atomic E-state index is 0.192. The smallest absolute Gasteiger partial charge is 0.231 e. The van der Waals surface area contributed by atoms with Gasteiger partial charge in [0.05, 0.1) is 0 Å². The molecular weight excluding hydrogens is 335 g/mol. The molecule has 2 heterocycles. The minimum atomic E-state index is -0.192. The molecule has 0 atom stereocenters. The van der Waals surface area contributed by atoms with Gasteiger partial charge in [-0.05, 0) is 30.2 Å². The first kappa shape index (κ1) is 16.1. The molecular formula is C19H17FN4O2. The van der Waals surface area contributed by atoms with Gasteiger partial charge in [0.2, 0.25) is 6.79 Å². The van der Waals surface area contributed by atoms with Crippen LogP contribution in [0.4, 0.5) is 21.7 Å². The van der Waals surface area contributed by atoms with Crippen LogP contribution < -0.4 is 20.1 Å². The molecule has 4 rings (SSSR count). The number of nitrogens with one attached hydrogen (secondary N) is 2. The zero-order valence-electron chi connectivity index (χ0n) is 13.9. The van der Waals surface area contributed by atoms with Crippen molar-refractivity contribution in [3.05, 3.63) is 66.2 Å². The molecule has 0 saturated carbocycles. The quantitative estimate of drug-likeness (QED) is 0.704. The molecule has 0 aliphatic carbocycles. The molecule has 0 spiro atoms. The molecule has 3 aromatic rings. The van der Waals surface area contributed by atoms with E-state index in [9.17, 15) is 4.39 Å². The monoisotopic (exact) mass is 352 g/mol. The van der Waals surface area contributed by atoms with Crippen molar-refractivity contribution in [3.63, 3.8) is 0 Å². The number of aromatic nitrogens is 2. The summed E-state index contributed by atoms with van der Waals surface area (Å²) in [5, 5.41) is 6.39. The number of nitrogens with zero attached hydrogens (tertiary/aromatic N) is 2. The first-order chi connectivity index (χ1) is 12.8. The Kier molecular flexibility index (Phi) is 4.51. The van der Waals surface area contributed by atoms with Crippen LogP contribution in [-0.2, 0) is 6.42 Å². The summed E-state index contributed by atoms with van der Waals surface area (Å²) >= 11 is 0. The molecule has 7 heteroatoms. The number of ether oxygens (including phenoxy) is 2. The lowest BCUT2D eigenvalue weighted by Gasteiger charge is -2.09. The topological polar surface area (TPSA) is 68.3 Å². The van der Waals surface area contributed by atoms with Gasteiger partial charge in [-0.15, -0.1) is 0 Å². The highest BCUT2D eigenvalue weighted by Crippen LogP contribution is 2.34. The van der Waals surface area contributed by atoms with E-state index in [0.29, 0.717) is 35.9 Å². The van der Waals surface area contributed by atoms with Gasteiger partial charge < -0.3 is 20.1 Å². The molecule has 26 heavy (non-hydrogen) atoms. The normalized spacial score (nSPS) is 12.0. The Morgan fingerprint density at radius 3 is 2.73 bits per heavy atom. The van der Waals surface area contributed by atoms with Crippen LogP contribution in [0, 0.1) is 5.82 Å². The van der Waals surface area contributed by atoms with E-state index in [1.807, 2.05) is 24.3 Å². The summed E-state index contributed by atoms with van der Waals surface area (Å²) < 4.78 is 24.3. The van der Waals surface area contributed by atoms with E-state index in [2.05, 4.69) is 20.6 Å². The van der Waals surface area contributed by atoms with Gasteiger partial charge in [-0.1, -0.05) is 18.2 Å². The van der Waals surface area contributed by atoms with Crippen LogP contribution in [-0.4, -0.2) is 23.3 Å². The molecule has 2 N–H and O–H groups in total. The fourth-order valence-electron chi connectivity index (χ4n) is 2.67. The number of halogens is 1. The van der Waals surface area contributed by atoms with E-state index in [-0.39, 0.29) is 12.6 Å². The van der Waals surface area contributed by atoms with Gasteiger partial charge in [-0.25, -0.2) is 14.4 Å². The number of rotatable bonds is 6. The number of hydrogen-bond acceptors (Lipinski definition) is 6. The van der Waals surface area contributed by atoms with Crippen molar-refractivity contribution in [2.24, 2.45) is 0 Å². The summed E-state index contributed by atoms with van der Waals surface area (Å²) in [6, 6.07) is 14.2. The highest BCUT2D eigenvalue weighted by molar-refractivity contribution is 5.63. The Morgan fingerprint density at radius 2 is 1.81 bits per heavy atom. The molecule has 132 valence electrons. The average molecular weight is 352 g/mol. The van der Waals surface area contributed by atoms with Crippen molar-refractivity contribution in [2.45, 2.75) is 6.42 Å². The predicted molar refractivity (Wildman–Crippen MR) is 96.5 cm³/mol. The lowest BCUT2D eigenvalue weighted by molar-refractivity contribution is 0.174. The molecule has 6 nitrogen and oxygen atoms in total. The lowest BCUT2D eigenvalue weighted by Crippen LogP contribution is -2.08.